The third-order valence-electron chi connectivity index (χ3n) is 5.87. The lowest BCUT2D eigenvalue weighted by atomic mass is 10.1. The Kier molecular flexibility index (Phi) is 7.09. The van der Waals surface area contributed by atoms with Gasteiger partial charge >= 0.3 is 0 Å². The quantitative estimate of drug-likeness (QED) is 0.809. The van der Waals surface area contributed by atoms with Crippen LogP contribution in [0.1, 0.15) is 50.2 Å². The zero-order chi connectivity index (χ0) is 21.0. The molecule has 1 fully saturated rings. The molecule has 1 atom stereocenters. The second-order valence-electron chi connectivity index (χ2n) is 8.49. The molecule has 3 rings (SSSR count). The monoisotopic (exact) mass is 397 g/mol. The number of nitrogens with zero attached hydrogens (tertiary/aromatic N) is 4. The summed E-state index contributed by atoms with van der Waals surface area (Å²) in [5.41, 5.74) is 3.17. The van der Waals surface area contributed by atoms with Crippen molar-refractivity contribution in [2.24, 2.45) is 0 Å². The number of amides is 1. The van der Waals surface area contributed by atoms with Gasteiger partial charge in [0.05, 0.1) is 12.6 Å². The molecule has 0 spiro atoms. The molecule has 2 aromatic rings. The van der Waals surface area contributed by atoms with Crippen molar-refractivity contribution in [1.29, 1.82) is 0 Å². The minimum absolute atomic E-state index is 0.0718. The molecule has 0 bridgehead atoms. The molecule has 0 aliphatic carbocycles. The first-order valence-corrected chi connectivity index (χ1v) is 10.7. The molecule has 1 amide bonds. The summed E-state index contributed by atoms with van der Waals surface area (Å²) >= 11 is 0. The van der Waals surface area contributed by atoms with Gasteiger partial charge in [-0.3, -0.25) is 14.6 Å². The van der Waals surface area contributed by atoms with Crippen molar-refractivity contribution in [3.8, 4) is 0 Å². The molecule has 1 aromatic heterocycles. The summed E-state index contributed by atoms with van der Waals surface area (Å²) < 4.78 is 2.24. The van der Waals surface area contributed by atoms with E-state index < -0.39 is 0 Å². The van der Waals surface area contributed by atoms with Gasteiger partial charge < -0.3 is 9.88 Å². The molecule has 6 heteroatoms. The van der Waals surface area contributed by atoms with E-state index in [4.69, 9.17) is 0 Å². The van der Waals surface area contributed by atoms with Crippen LogP contribution in [0, 0.1) is 13.8 Å². The van der Waals surface area contributed by atoms with E-state index >= 15 is 0 Å². The number of carbonyl (C=O) groups excluding carboxylic acids is 1. The molecule has 1 unspecified atom stereocenters. The zero-order valence-corrected chi connectivity index (χ0v) is 18.5. The third-order valence-corrected chi connectivity index (χ3v) is 5.87. The number of imidazole rings is 1. The van der Waals surface area contributed by atoms with Crippen molar-refractivity contribution in [3.63, 3.8) is 0 Å². The van der Waals surface area contributed by atoms with Crippen LogP contribution in [0.25, 0.3) is 0 Å². The number of benzene rings is 1. The van der Waals surface area contributed by atoms with Crippen molar-refractivity contribution in [3.05, 3.63) is 47.5 Å². The van der Waals surface area contributed by atoms with Gasteiger partial charge in [-0.25, -0.2) is 4.98 Å². The topological polar surface area (TPSA) is 53.4 Å². The van der Waals surface area contributed by atoms with Gasteiger partial charge in [-0.2, -0.15) is 0 Å². The van der Waals surface area contributed by atoms with Crippen LogP contribution in [0.5, 0.6) is 0 Å². The van der Waals surface area contributed by atoms with Crippen molar-refractivity contribution >= 4 is 11.6 Å². The van der Waals surface area contributed by atoms with E-state index in [0.29, 0.717) is 6.04 Å². The average molecular weight is 398 g/mol. The van der Waals surface area contributed by atoms with Crippen LogP contribution in [0.15, 0.2) is 30.6 Å². The Balaban J connectivity index is 1.57. The van der Waals surface area contributed by atoms with Crippen LogP contribution in [-0.2, 0) is 11.3 Å². The molecule has 1 N–H and O–H groups in total. The number of anilines is 1. The first-order chi connectivity index (χ1) is 13.8. The van der Waals surface area contributed by atoms with Crippen LogP contribution in [-0.4, -0.2) is 57.5 Å². The maximum absolute atomic E-state index is 12.9. The fourth-order valence-electron chi connectivity index (χ4n) is 3.95. The summed E-state index contributed by atoms with van der Waals surface area (Å²) in [5.74, 6) is 1.19. The van der Waals surface area contributed by atoms with Crippen molar-refractivity contribution in [2.45, 2.75) is 59.7 Å². The Morgan fingerprint density at radius 2 is 1.93 bits per heavy atom. The summed E-state index contributed by atoms with van der Waals surface area (Å²) in [4.78, 5) is 22.2. The molecule has 2 heterocycles. The van der Waals surface area contributed by atoms with Crippen molar-refractivity contribution in [2.75, 3.05) is 31.5 Å². The lowest BCUT2D eigenvalue weighted by Gasteiger charge is -2.27. The van der Waals surface area contributed by atoms with Gasteiger partial charge in [0.15, 0.2) is 0 Å². The summed E-state index contributed by atoms with van der Waals surface area (Å²) in [7, 11) is 0. The molecule has 6 nitrogen and oxygen atoms in total. The van der Waals surface area contributed by atoms with Crippen LogP contribution >= 0.6 is 0 Å². The van der Waals surface area contributed by atoms with Gasteiger partial charge in [0.25, 0.3) is 0 Å². The highest BCUT2D eigenvalue weighted by molar-refractivity contribution is 5.95. The molecule has 0 radical (unpaired) electrons. The molecule has 29 heavy (non-hydrogen) atoms. The second-order valence-corrected chi connectivity index (χ2v) is 8.49. The fraction of sp³-hybridized carbons (Fsp3) is 0.565. The molecule has 1 saturated heterocycles. The molecular weight excluding hydrogens is 362 g/mol. The van der Waals surface area contributed by atoms with Gasteiger partial charge in [0.1, 0.15) is 5.82 Å². The minimum Gasteiger partial charge on any atom is -0.331 e. The van der Waals surface area contributed by atoms with Crippen LogP contribution in [0.4, 0.5) is 5.69 Å². The SMILES string of the molecule is Cc1ccc(C)c(NC(=O)C(C)N2CCCN(Cc3nccn3C(C)C)CC2)c1. The van der Waals surface area contributed by atoms with Gasteiger partial charge in [-0.1, -0.05) is 12.1 Å². The van der Waals surface area contributed by atoms with E-state index in [9.17, 15) is 4.79 Å². The zero-order valence-electron chi connectivity index (χ0n) is 18.5. The maximum atomic E-state index is 12.9. The standard InChI is InChI=1S/C23H35N5O/c1-17(2)28-12-9-24-22(28)16-26-10-6-11-27(14-13-26)20(5)23(29)25-21-15-18(3)7-8-19(21)4/h7-9,12,15,17,20H,6,10-11,13-14,16H2,1-5H3,(H,25,29). The predicted molar refractivity (Wildman–Crippen MR) is 118 cm³/mol. The first kappa shape index (κ1) is 21.5. The summed E-state index contributed by atoms with van der Waals surface area (Å²) in [5, 5.41) is 3.13. The lowest BCUT2D eigenvalue weighted by molar-refractivity contribution is -0.120. The van der Waals surface area contributed by atoms with Gasteiger partial charge in [0.2, 0.25) is 5.91 Å². The minimum atomic E-state index is -0.146. The van der Waals surface area contributed by atoms with Crippen molar-refractivity contribution < 1.29 is 4.79 Å². The van der Waals surface area contributed by atoms with E-state index in [1.54, 1.807) is 0 Å². The van der Waals surface area contributed by atoms with Crippen molar-refractivity contribution in [1.82, 2.24) is 19.4 Å². The highest BCUT2D eigenvalue weighted by Crippen LogP contribution is 2.18. The van der Waals surface area contributed by atoms with E-state index in [2.05, 4.69) is 56.8 Å². The summed E-state index contributed by atoms with van der Waals surface area (Å²) in [6.07, 6.45) is 5.01. The number of carbonyl (C=O) groups is 1. The molecule has 1 aliphatic heterocycles. The number of hydrogen-bond acceptors (Lipinski definition) is 4. The Hall–Kier alpha value is -2.18. The lowest BCUT2D eigenvalue weighted by Crippen LogP contribution is -2.44. The van der Waals surface area contributed by atoms with E-state index in [1.165, 1.54) is 0 Å². The normalized spacial score (nSPS) is 17.3. The van der Waals surface area contributed by atoms with E-state index in [1.807, 2.05) is 33.0 Å². The van der Waals surface area contributed by atoms with Crippen LogP contribution in [0.3, 0.4) is 0 Å². The average Bonchev–Trinajstić information content (AvgIpc) is 3.02. The van der Waals surface area contributed by atoms with Gasteiger partial charge in [-0.05, 0) is 64.8 Å². The van der Waals surface area contributed by atoms with E-state index in [0.717, 1.165) is 61.8 Å². The molecule has 0 saturated carbocycles. The van der Waals surface area contributed by atoms with Crippen LogP contribution < -0.4 is 5.32 Å². The highest BCUT2D eigenvalue weighted by Gasteiger charge is 2.25. The Morgan fingerprint density at radius 1 is 1.14 bits per heavy atom. The number of aromatic nitrogens is 2. The number of nitrogens with one attached hydrogen (secondary N) is 1. The summed E-state index contributed by atoms with van der Waals surface area (Å²) in [6.45, 7) is 15.1. The van der Waals surface area contributed by atoms with Gasteiger partial charge in [0, 0.05) is 43.8 Å². The third kappa shape index (κ3) is 5.46. The molecular formula is C23H35N5O. The van der Waals surface area contributed by atoms with E-state index in [-0.39, 0.29) is 11.9 Å². The second kappa shape index (κ2) is 9.55. The smallest absolute Gasteiger partial charge is 0.241 e. The largest absolute Gasteiger partial charge is 0.331 e. The van der Waals surface area contributed by atoms with Crippen LogP contribution in [0.2, 0.25) is 0 Å². The molecule has 1 aromatic carbocycles. The molecule has 1 aliphatic rings. The Bertz CT molecular complexity index is 828. The highest BCUT2D eigenvalue weighted by atomic mass is 16.2. The summed E-state index contributed by atoms with van der Waals surface area (Å²) in [6, 6.07) is 6.45. The Morgan fingerprint density at radius 3 is 2.69 bits per heavy atom. The first-order valence-electron chi connectivity index (χ1n) is 10.7. The Labute approximate surface area is 174 Å². The maximum Gasteiger partial charge on any atom is 0.241 e. The number of aryl methyl sites for hydroxylation is 2. The number of rotatable bonds is 6. The molecule has 158 valence electrons. The van der Waals surface area contributed by atoms with Gasteiger partial charge in [-0.15, -0.1) is 0 Å². The fourth-order valence-corrected chi connectivity index (χ4v) is 3.95. The predicted octanol–water partition coefficient (Wildman–Crippen LogP) is 3.62. The number of hydrogen-bond donors (Lipinski definition) is 1.